The molecule has 0 saturated carbocycles. The molecular formula is C14H24N2O. The molecular weight excluding hydrogens is 212 g/mol. The summed E-state index contributed by atoms with van der Waals surface area (Å²) < 4.78 is 5.47. The lowest BCUT2D eigenvalue weighted by Gasteiger charge is -2.28. The van der Waals surface area contributed by atoms with Crippen molar-refractivity contribution >= 4 is 0 Å². The quantitative estimate of drug-likeness (QED) is 0.819. The second kappa shape index (κ2) is 6.62. The normalized spacial score (nSPS) is 12.8. The van der Waals surface area contributed by atoms with Crippen molar-refractivity contribution in [3.8, 4) is 5.75 Å². The maximum atomic E-state index is 5.47. The molecule has 1 rings (SSSR count). The monoisotopic (exact) mass is 236 g/mol. The summed E-state index contributed by atoms with van der Waals surface area (Å²) in [5.41, 5.74) is 2.53. The number of ether oxygens (including phenoxy) is 1. The minimum absolute atomic E-state index is 0.347. The fourth-order valence-electron chi connectivity index (χ4n) is 2.03. The molecule has 96 valence electrons. The number of aryl methyl sites for hydroxylation is 1. The van der Waals surface area contributed by atoms with E-state index in [9.17, 15) is 0 Å². The highest BCUT2D eigenvalue weighted by atomic mass is 16.5. The molecule has 1 N–H and O–H groups in total. The van der Waals surface area contributed by atoms with Crippen molar-refractivity contribution in [3.63, 3.8) is 0 Å². The Hall–Kier alpha value is -1.06. The van der Waals surface area contributed by atoms with E-state index in [0.29, 0.717) is 6.04 Å². The zero-order valence-corrected chi connectivity index (χ0v) is 11.6. The van der Waals surface area contributed by atoms with Crippen molar-refractivity contribution in [1.29, 1.82) is 0 Å². The zero-order chi connectivity index (χ0) is 12.8. The molecule has 0 aromatic heterocycles. The van der Waals surface area contributed by atoms with Gasteiger partial charge in [-0.3, -0.25) is 4.90 Å². The standard InChI is InChI=1S/C14H24N2O/c1-6-16(4)13(10-15-3)12-9-11(2)7-8-14(12)17-5/h7-9,13,15H,6,10H2,1-5H3. The first kappa shape index (κ1) is 14.0. The number of likely N-dealkylation sites (N-methyl/N-ethyl adjacent to an activating group) is 2. The summed E-state index contributed by atoms with van der Waals surface area (Å²) in [6, 6.07) is 6.70. The summed E-state index contributed by atoms with van der Waals surface area (Å²) in [5, 5.41) is 3.26. The van der Waals surface area contributed by atoms with Crippen LogP contribution >= 0.6 is 0 Å². The summed E-state index contributed by atoms with van der Waals surface area (Å²) in [6.07, 6.45) is 0. The average Bonchev–Trinajstić information content (AvgIpc) is 2.35. The fourth-order valence-corrected chi connectivity index (χ4v) is 2.03. The molecule has 0 radical (unpaired) electrons. The SMILES string of the molecule is CCN(C)C(CNC)c1cc(C)ccc1OC. The van der Waals surface area contributed by atoms with Crippen LogP contribution in [0.2, 0.25) is 0 Å². The number of hydrogen-bond acceptors (Lipinski definition) is 3. The van der Waals surface area contributed by atoms with Gasteiger partial charge in [0, 0.05) is 12.1 Å². The molecule has 1 aromatic rings. The summed E-state index contributed by atoms with van der Waals surface area (Å²) in [7, 11) is 5.86. The van der Waals surface area contributed by atoms with Crippen molar-refractivity contribution in [3.05, 3.63) is 29.3 Å². The number of nitrogens with one attached hydrogen (secondary N) is 1. The maximum absolute atomic E-state index is 5.47. The molecule has 0 fully saturated rings. The first-order valence-electron chi connectivity index (χ1n) is 6.13. The fraction of sp³-hybridized carbons (Fsp3) is 0.571. The van der Waals surface area contributed by atoms with Crippen LogP contribution in [0.25, 0.3) is 0 Å². The molecule has 0 bridgehead atoms. The number of methoxy groups -OCH3 is 1. The van der Waals surface area contributed by atoms with E-state index in [1.165, 1.54) is 11.1 Å². The van der Waals surface area contributed by atoms with Crippen molar-refractivity contribution in [2.75, 3.05) is 34.3 Å². The molecule has 1 atom stereocenters. The summed E-state index contributed by atoms with van der Waals surface area (Å²) in [5.74, 6) is 0.969. The van der Waals surface area contributed by atoms with Gasteiger partial charge >= 0.3 is 0 Å². The van der Waals surface area contributed by atoms with Crippen LogP contribution in [0, 0.1) is 6.92 Å². The van der Waals surface area contributed by atoms with E-state index < -0.39 is 0 Å². The van der Waals surface area contributed by atoms with Gasteiger partial charge in [0.15, 0.2) is 0 Å². The third-order valence-corrected chi connectivity index (χ3v) is 3.17. The summed E-state index contributed by atoms with van der Waals surface area (Å²) in [4.78, 5) is 2.33. The minimum atomic E-state index is 0.347. The third kappa shape index (κ3) is 3.45. The molecule has 0 aliphatic carbocycles. The lowest BCUT2D eigenvalue weighted by Crippen LogP contribution is -2.32. The van der Waals surface area contributed by atoms with Crippen LogP contribution in [-0.2, 0) is 0 Å². The van der Waals surface area contributed by atoms with E-state index in [1.54, 1.807) is 7.11 Å². The lowest BCUT2D eigenvalue weighted by molar-refractivity contribution is 0.247. The summed E-state index contributed by atoms with van der Waals surface area (Å²) >= 11 is 0. The maximum Gasteiger partial charge on any atom is 0.123 e. The third-order valence-electron chi connectivity index (χ3n) is 3.17. The molecule has 1 aromatic carbocycles. The van der Waals surface area contributed by atoms with Crippen LogP contribution < -0.4 is 10.1 Å². The van der Waals surface area contributed by atoms with Gasteiger partial charge < -0.3 is 10.1 Å². The number of hydrogen-bond donors (Lipinski definition) is 1. The van der Waals surface area contributed by atoms with Crippen LogP contribution in [0.5, 0.6) is 5.75 Å². The highest BCUT2D eigenvalue weighted by Gasteiger charge is 2.19. The molecule has 0 aliphatic rings. The largest absolute Gasteiger partial charge is 0.496 e. The van der Waals surface area contributed by atoms with E-state index in [0.717, 1.165) is 18.8 Å². The van der Waals surface area contributed by atoms with Gasteiger partial charge in [-0.05, 0) is 33.6 Å². The Balaban J connectivity index is 3.11. The second-order valence-corrected chi connectivity index (χ2v) is 4.39. The Kier molecular flexibility index (Phi) is 5.45. The highest BCUT2D eigenvalue weighted by molar-refractivity contribution is 5.39. The molecule has 0 heterocycles. The van der Waals surface area contributed by atoms with E-state index in [2.05, 4.69) is 49.3 Å². The van der Waals surface area contributed by atoms with Gasteiger partial charge in [0.2, 0.25) is 0 Å². The van der Waals surface area contributed by atoms with E-state index >= 15 is 0 Å². The van der Waals surface area contributed by atoms with Gasteiger partial charge in [0.25, 0.3) is 0 Å². The van der Waals surface area contributed by atoms with Gasteiger partial charge in [-0.2, -0.15) is 0 Å². The van der Waals surface area contributed by atoms with E-state index in [4.69, 9.17) is 4.74 Å². The van der Waals surface area contributed by atoms with Gasteiger partial charge in [-0.15, -0.1) is 0 Å². The molecule has 1 unspecified atom stereocenters. The van der Waals surface area contributed by atoms with E-state index in [-0.39, 0.29) is 0 Å². The van der Waals surface area contributed by atoms with Crippen molar-refractivity contribution in [2.45, 2.75) is 19.9 Å². The molecule has 17 heavy (non-hydrogen) atoms. The van der Waals surface area contributed by atoms with Crippen LogP contribution in [0.1, 0.15) is 24.1 Å². The van der Waals surface area contributed by atoms with Crippen LogP contribution in [-0.4, -0.2) is 39.2 Å². The number of rotatable bonds is 6. The summed E-state index contributed by atoms with van der Waals surface area (Å²) in [6.45, 7) is 6.23. The highest BCUT2D eigenvalue weighted by Crippen LogP contribution is 2.29. The average molecular weight is 236 g/mol. The smallest absolute Gasteiger partial charge is 0.123 e. The van der Waals surface area contributed by atoms with Gasteiger partial charge in [-0.25, -0.2) is 0 Å². The Morgan fingerprint density at radius 2 is 2.12 bits per heavy atom. The molecule has 0 saturated heterocycles. The predicted octanol–water partition coefficient (Wildman–Crippen LogP) is 2.22. The first-order chi connectivity index (χ1) is 8.13. The van der Waals surface area contributed by atoms with Crippen molar-refractivity contribution in [1.82, 2.24) is 10.2 Å². The Bertz CT molecular complexity index is 352. The molecule has 3 nitrogen and oxygen atoms in total. The minimum Gasteiger partial charge on any atom is -0.496 e. The second-order valence-electron chi connectivity index (χ2n) is 4.39. The van der Waals surface area contributed by atoms with Gasteiger partial charge in [0.05, 0.1) is 13.2 Å². The predicted molar refractivity (Wildman–Crippen MR) is 72.7 cm³/mol. The molecule has 0 amide bonds. The lowest BCUT2D eigenvalue weighted by atomic mass is 10.0. The Morgan fingerprint density at radius 1 is 1.41 bits per heavy atom. The molecule has 3 heteroatoms. The molecule has 0 aliphatic heterocycles. The molecule has 0 spiro atoms. The van der Waals surface area contributed by atoms with E-state index in [1.807, 2.05) is 7.05 Å². The van der Waals surface area contributed by atoms with Crippen LogP contribution in [0.15, 0.2) is 18.2 Å². The van der Waals surface area contributed by atoms with Crippen molar-refractivity contribution in [2.24, 2.45) is 0 Å². The number of benzene rings is 1. The topological polar surface area (TPSA) is 24.5 Å². The van der Waals surface area contributed by atoms with Crippen molar-refractivity contribution < 1.29 is 4.74 Å². The number of nitrogens with zero attached hydrogens (tertiary/aromatic N) is 1. The Labute approximate surface area is 105 Å². The van der Waals surface area contributed by atoms with Gasteiger partial charge in [0.1, 0.15) is 5.75 Å². The van der Waals surface area contributed by atoms with Gasteiger partial charge in [-0.1, -0.05) is 24.6 Å². The van der Waals surface area contributed by atoms with Crippen LogP contribution in [0.4, 0.5) is 0 Å². The zero-order valence-electron chi connectivity index (χ0n) is 11.6. The first-order valence-corrected chi connectivity index (χ1v) is 6.13. The van der Waals surface area contributed by atoms with Crippen LogP contribution in [0.3, 0.4) is 0 Å². The Morgan fingerprint density at radius 3 is 2.65 bits per heavy atom.